The van der Waals surface area contributed by atoms with Crippen molar-refractivity contribution in [2.24, 2.45) is 0 Å². The molecule has 6 nitrogen and oxygen atoms in total. The van der Waals surface area contributed by atoms with Gasteiger partial charge in [0.2, 0.25) is 14.5 Å². The van der Waals surface area contributed by atoms with E-state index in [1.54, 1.807) is 0 Å². The molecule has 122 valence electrons. The molecular formula is C9H8Cl6O6. The Labute approximate surface area is 149 Å². The van der Waals surface area contributed by atoms with Crippen molar-refractivity contribution >= 4 is 87.5 Å². The molecule has 0 radical (unpaired) electrons. The third kappa shape index (κ3) is 9.71. The van der Waals surface area contributed by atoms with Gasteiger partial charge < -0.3 is 14.2 Å². The Hall–Kier alpha value is 0.150. The Morgan fingerprint density at radius 3 is 1.29 bits per heavy atom. The van der Waals surface area contributed by atoms with Crippen molar-refractivity contribution < 1.29 is 28.6 Å². The Morgan fingerprint density at radius 2 is 1.00 bits per heavy atom. The summed E-state index contributed by atoms with van der Waals surface area (Å²) in [5, 5.41) is 0. The molecule has 0 saturated heterocycles. The average molecular weight is 425 g/mol. The fraction of sp³-hybridized carbons (Fsp3) is 0.667. The fourth-order valence-corrected chi connectivity index (χ4v) is 1.16. The number of esters is 3. The number of halogens is 6. The molecule has 0 unspecified atom stereocenters. The van der Waals surface area contributed by atoms with Crippen LogP contribution in [0.3, 0.4) is 0 Å². The predicted molar refractivity (Wildman–Crippen MR) is 78.3 cm³/mol. The van der Waals surface area contributed by atoms with E-state index in [4.69, 9.17) is 74.3 Å². The van der Waals surface area contributed by atoms with E-state index >= 15 is 0 Å². The summed E-state index contributed by atoms with van der Waals surface area (Å²) in [5.41, 5.74) is 0. The highest BCUT2D eigenvalue weighted by atomic mass is 35.5. The smallest absolute Gasteiger partial charge is 0.339 e. The van der Waals surface area contributed by atoms with Gasteiger partial charge in [-0.15, -0.1) is 0 Å². The molecule has 0 atom stereocenters. The van der Waals surface area contributed by atoms with Crippen LogP contribution in [-0.2, 0) is 28.6 Å². The van der Waals surface area contributed by atoms with E-state index in [9.17, 15) is 14.4 Å². The summed E-state index contributed by atoms with van der Waals surface area (Å²) in [6, 6.07) is 0. The average Bonchev–Trinajstić information content (AvgIpc) is 2.40. The zero-order chi connectivity index (χ0) is 16.6. The lowest BCUT2D eigenvalue weighted by Gasteiger charge is -2.18. The van der Waals surface area contributed by atoms with Gasteiger partial charge in [0.25, 0.3) is 0 Å². The number of hydrogen-bond acceptors (Lipinski definition) is 6. The monoisotopic (exact) mass is 422 g/mol. The molecule has 0 aromatic heterocycles. The molecule has 0 aromatic carbocycles. The van der Waals surface area contributed by atoms with Crippen molar-refractivity contribution in [1.29, 1.82) is 0 Å². The second-order valence-corrected chi connectivity index (χ2v) is 6.51. The normalized spacial score (nSPS) is 11.1. The van der Waals surface area contributed by atoms with Crippen molar-refractivity contribution in [2.45, 2.75) is 20.6 Å². The molecule has 0 saturated carbocycles. The van der Waals surface area contributed by atoms with E-state index < -0.39 is 51.7 Å². The van der Waals surface area contributed by atoms with Gasteiger partial charge in [0, 0.05) is 0 Å². The van der Waals surface area contributed by atoms with E-state index in [1.165, 1.54) is 0 Å². The van der Waals surface area contributed by atoms with Crippen molar-refractivity contribution in [3.05, 3.63) is 0 Å². The number of alkyl halides is 6. The van der Waals surface area contributed by atoms with Gasteiger partial charge in [-0.3, -0.25) is 0 Å². The Bertz CT molecular complexity index is 350. The van der Waals surface area contributed by atoms with Gasteiger partial charge in [0.15, 0.2) is 6.10 Å². The van der Waals surface area contributed by atoms with E-state index in [1.807, 2.05) is 0 Å². The molecule has 12 heteroatoms. The van der Waals surface area contributed by atoms with E-state index in [2.05, 4.69) is 9.47 Å². The minimum absolute atomic E-state index is 0.496. The zero-order valence-corrected chi connectivity index (χ0v) is 14.5. The maximum atomic E-state index is 11.2. The molecule has 0 amide bonds. The van der Waals surface area contributed by atoms with Crippen LogP contribution in [0.15, 0.2) is 0 Å². The van der Waals surface area contributed by atoms with Crippen LogP contribution < -0.4 is 0 Å². The molecule has 0 aliphatic carbocycles. The Kier molecular flexibility index (Phi) is 10.9. The van der Waals surface area contributed by atoms with Gasteiger partial charge >= 0.3 is 17.9 Å². The summed E-state index contributed by atoms with van der Waals surface area (Å²) in [7, 11) is 0. The van der Waals surface area contributed by atoms with Crippen molar-refractivity contribution in [1.82, 2.24) is 0 Å². The van der Waals surface area contributed by atoms with Gasteiger partial charge in [-0.2, -0.15) is 0 Å². The third-order valence-corrected chi connectivity index (χ3v) is 2.71. The summed E-state index contributed by atoms with van der Waals surface area (Å²) in [6.45, 7) is -0.993. The van der Waals surface area contributed by atoms with Gasteiger partial charge in [-0.25, -0.2) is 14.4 Å². The van der Waals surface area contributed by atoms with E-state index in [0.29, 0.717) is 0 Å². The summed E-state index contributed by atoms with van der Waals surface area (Å²) < 4.78 is 14.0. The molecule has 0 spiro atoms. The molecule has 0 heterocycles. The first kappa shape index (κ1) is 21.1. The predicted octanol–water partition coefficient (Wildman–Crippen LogP) is 2.40. The fourth-order valence-electron chi connectivity index (χ4n) is 0.808. The first-order valence-electron chi connectivity index (χ1n) is 5.03. The molecule has 21 heavy (non-hydrogen) atoms. The summed E-state index contributed by atoms with van der Waals surface area (Å²) >= 11 is 31.6. The second kappa shape index (κ2) is 10.8. The molecule has 0 bridgehead atoms. The van der Waals surface area contributed by atoms with Crippen molar-refractivity contribution in [2.75, 3.05) is 13.2 Å². The van der Waals surface area contributed by atoms with Crippen LogP contribution in [0.5, 0.6) is 0 Å². The Morgan fingerprint density at radius 1 is 0.667 bits per heavy atom. The van der Waals surface area contributed by atoms with Crippen molar-refractivity contribution in [3.8, 4) is 0 Å². The lowest BCUT2D eigenvalue weighted by molar-refractivity contribution is -0.164. The van der Waals surface area contributed by atoms with Crippen LogP contribution in [-0.4, -0.2) is 51.7 Å². The quantitative estimate of drug-likeness (QED) is 0.338. The topological polar surface area (TPSA) is 78.9 Å². The summed E-state index contributed by atoms with van der Waals surface area (Å²) in [6.07, 6.45) is -1.19. The number of carbonyl (C=O) groups excluding carboxylic acids is 3. The number of ether oxygens (including phenoxy) is 3. The molecule has 0 rings (SSSR count). The third-order valence-electron chi connectivity index (χ3n) is 1.64. The molecular weight excluding hydrogens is 417 g/mol. The lowest BCUT2D eigenvalue weighted by Crippen LogP contribution is -2.33. The maximum Gasteiger partial charge on any atom is 0.339 e. The van der Waals surface area contributed by atoms with Gasteiger partial charge in [0.05, 0.1) is 0 Å². The SMILES string of the molecule is O=C(OCC(COC(=O)C(Cl)Cl)OC(=O)C(Cl)Cl)C(Cl)Cl. The Balaban J connectivity index is 4.50. The van der Waals surface area contributed by atoms with Crippen LogP contribution in [0.25, 0.3) is 0 Å². The highest BCUT2D eigenvalue weighted by Gasteiger charge is 2.25. The molecule has 0 aliphatic rings. The largest absolute Gasteiger partial charge is 0.460 e. The zero-order valence-electron chi connectivity index (χ0n) is 9.94. The summed E-state index contributed by atoms with van der Waals surface area (Å²) in [5.74, 6) is -2.99. The second-order valence-electron chi connectivity index (χ2n) is 3.22. The van der Waals surface area contributed by atoms with Crippen LogP contribution in [0, 0.1) is 0 Å². The maximum absolute atomic E-state index is 11.2. The molecule has 0 aliphatic heterocycles. The highest BCUT2D eigenvalue weighted by Crippen LogP contribution is 2.10. The first-order chi connectivity index (χ1) is 9.65. The van der Waals surface area contributed by atoms with Gasteiger partial charge in [-0.1, -0.05) is 69.6 Å². The highest BCUT2D eigenvalue weighted by molar-refractivity contribution is 6.53. The molecule has 0 aromatic rings. The van der Waals surface area contributed by atoms with E-state index in [-0.39, 0.29) is 0 Å². The number of rotatable bonds is 8. The number of hydrogen-bond donors (Lipinski definition) is 0. The van der Waals surface area contributed by atoms with Crippen LogP contribution >= 0.6 is 69.6 Å². The lowest BCUT2D eigenvalue weighted by atomic mass is 10.4. The minimum Gasteiger partial charge on any atom is -0.460 e. The standard InChI is InChI=1S/C9H8Cl6O6/c10-4(11)7(16)19-1-3(21-9(18)6(14)15)2-20-8(17)5(12)13/h3-6H,1-2H2. The molecule has 0 N–H and O–H groups in total. The molecule has 0 fully saturated rings. The minimum atomic E-state index is -1.47. The number of carbonyl (C=O) groups is 3. The van der Waals surface area contributed by atoms with E-state index in [0.717, 1.165) is 0 Å². The van der Waals surface area contributed by atoms with Gasteiger partial charge in [0.1, 0.15) is 13.2 Å². The first-order valence-corrected chi connectivity index (χ1v) is 7.65. The van der Waals surface area contributed by atoms with Crippen molar-refractivity contribution in [3.63, 3.8) is 0 Å². The van der Waals surface area contributed by atoms with Crippen LogP contribution in [0.1, 0.15) is 0 Å². The van der Waals surface area contributed by atoms with Crippen LogP contribution in [0.2, 0.25) is 0 Å². The van der Waals surface area contributed by atoms with Crippen LogP contribution in [0.4, 0.5) is 0 Å². The summed E-state index contributed by atoms with van der Waals surface area (Å²) in [4.78, 5) is 29.1. The van der Waals surface area contributed by atoms with Gasteiger partial charge in [-0.05, 0) is 0 Å².